The average molecular weight is 406 g/mol. The molecule has 0 amide bonds. The van der Waals surface area contributed by atoms with E-state index in [9.17, 15) is 0 Å². The maximum Gasteiger partial charge on any atom is 0.173 e. The fraction of sp³-hybridized carbons (Fsp3) is 0.435. The summed E-state index contributed by atoms with van der Waals surface area (Å²) in [5.41, 5.74) is 3.73. The Balaban J connectivity index is 1.62. The molecular formula is C23H31N7. The summed E-state index contributed by atoms with van der Waals surface area (Å²) in [5.74, 6) is 0.924. The van der Waals surface area contributed by atoms with Crippen molar-refractivity contribution < 1.29 is 0 Å². The van der Waals surface area contributed by atoms with E-state index in [0.29, 0.717) is 0 Å². The summed E-state index contributed by atoms with van der Waals surface area (Å²) in [6.07, 6.45) is 0.911. The van der Waals surface area contributed by atoms with Crippen LogP contribution in [0, 0.1) is 0 Å². The second-order valence-electron chi connectivity index (χ2n) is 8.22. The van der Waals surface area contributed by atoms with Crippen LogP contribution in [0.3, 0.4) is 0 Å². The van der Waals surface area contributed by atoms with Gasteiger partial charge in [0.2, 0.25) is 0 Å². The van der Waals surface area contributed by atoms with Gasteiger partial charge in [0, 0.05) is 52.5 Å². The lowest BCUT2D eigenvalue weighted by Crippen LogP contribution is -2.46. The lowest BCUT2D eigenvalue weighted by atomic mass is 10.0. The molecule has 1 saturated heterocycles. The van der Waals surface area contributed by atoms with Crippen LogP contribution in [-0.2, 0) is 13.0 Å². The highest BCUT2D eigenvalue weighted by atomic mass is 15.6. The molecule has 0 radical (unpaired) electrons. The van der Waals surface area contributed by atoms with E-state index in [1.165, 1.54) is 16.8 Å². The smallest absolute Gasteiger partial charge is 0.173 e. The predicted molar refractivity (Wildman–Crippen MR) is 120 cm³/mol. The Kier molecular flexibility index (Phi) is 6.40. The molecule has 0 bridgehead atoms. The van der Waals surface area contributed by atoms with Crippen molar-refractivity contribution in [3.05, 3.63) is 71.5 Å². The zero-order chi connectivity index (χ0) is 20.9. The van der Waals surface area contributed by atoms with Crippen LogP contribution in [0.1, 0.15) is 23.0 Å². The Hall–Kier alpha value is -2.77. The number of aryl methyl sites for hydroxylation is 2. The average Bonchev–Trinajstić information content (AvgIpc) is 3.23. The minimum atomic E-state index is 0.0562. The molecule has 158 valence electrons. The lowest BCUT2D eigenvalue weighted by Gasteiger charge is -2.37. The lowest BCUT2D eigenvalue weighted by molar-refractivity contribution is 0.121. The fourth-order valence-electron chi connectivity index (χ4n) is 4.00. The number of benzene rings is 2. The summed E-state index contributed by atoms with van der Waals surface area (Å²) in [6, 6.07) is 19.4. The molecule has 30 heavy (non-hydrogen) atoms. The highest BCUT2D eigenvalue weighted by Crippen LogP contribution is 2.29. The summed E-state index contributed by atoms with van der Waals surface area (Å²) in [5, 5.41) is 12.9. The van der Waals surface area contributed by atoms with Crippen molar-refractivity contribution in [1.82, 2.24) is 30.0 Å². The van der Waals surface area contributed by atoms with Crippen LogP contribution in [0.4, 0.5) is 5.69 Å². The second kappa shape index (κ2) is 9.36. The van der Waals surface area contributed by atoms with Gasteiger partial charge in [-0.3, -0.25) is 4.90 Å². The highest BCUT2D eigenvalue weighted by molar-refractivity contribution is 5.47. The highest BCUT2D eigenvalue weighted by Gasteiger charge is 2.29. The molecule has 3 aromatic rings. The predicted octanol–water partition coefficient (Wildman–Crippen LogP) is 2.32. The largest absolute Gasteiger partial charge is 0.378 e. The minimum absolute atomic E-state index is 0.0562. The van der Waals surface area contributed by atoms with Gasteiger partial charge >= 0.3 is 0 Å². The molecule has 1 unspecified atom stereocenters. The maximum absolute atomic E-state index is 4.49. The molecule has 2 heterocycles. The Morgan fingerprint density at radius 2 is 1.63 bits per heavy atom. The minimum Gasteiger partial charge on any atom is -0.378 e. The SMILES string of the molecule is CN1CCN(C(c2ccc(N(C)C)cc2)c2nnnn2CCc2ccccc2)CC1. The molecule has 0 spiro atoms. The summed E-state index contributed by atoms with van der Waals surface area (Å²) in [7, 11) is 6.32. The van der Waals surface area contributed by atoms with E-state index in [4.69, 9.17) is 0 Å². The van der Waals surface area contributed by atoms with Crippen LogP contribution in [0.2, 0.25) is 0 Å². The van der Waals surface area contributed by atoms with Crippen LogP contribution in [-0.4, -0.2) is 77.3 Å². The molecule has 7 heteroatoms. The number of piperazine rings is 1. The summed E-state index contributed by atoms with van der Waals surface area (Å²) in [4.78, 5) is 7.01. The number of aromatic nitrogens is 4. The molecule has 0 N–H and O–H groups in total. The van der Waals surface area contributed by atoms with Gasteiger partial charge in [-0.2, -0.15) is 0 Å². The van der Waals surface area contributed by atoms with Gasteiger partial charge in [-0.05, 0) is 47.2 Å². The maximum atomic E-state index is 4.49. The number of likely N-dealkylation sites (N-methyl/N-ethyl adjacent to an activating group) is 1. The molecule has 4 rings (SSSR count). The number of hydrogen-bond donors (Lipinski definition) is 0. The van der Waals surface area contributed by atoms with Crippen LogP contribution < -0.4 is 4.90 Å². The van der Waals surface area contributed by atoms with E-state index in [1.54, 1.807) is 0 Å². The fourth-order valence-corrected chi connectivity index (χ4v) is 4.00. The van der Waals surface area contributed by atoms with Gasteiger partial charge in [0.25, 0.3) is 0 Å². The van der Waals surface area contributed by atoms with Gasteiger partial charge in [0.1, 0.15) is 0 Å². The van der Waals surface area contributed by atoms with E-state index in [2.05, 4.69) is 99.9 Å². The standard InChI is InChI=1S/C23H31N7/c1-27(2)21-11-9-20(10-12-21)22(29-17-15-28(3)16-18-29)23-24-25-26-30(23)14-13-19-7-5-4-6-8-19/h4-12,22H,13-18H2,1-3H3. The van der Waals surface area contributed by atoms with Crippen LogP contribution >= 0.6 is 0 Å². The summed E-state index contributed by atoms with van der Waals surface area (Å²) >= 11 is 0. The monoisotopic (exact) mass is 405 g/mol. The quantitative estimate of drug-likeness (QED) is 0.601. The van der Waals surface area contributed by atoms with Crippen molar-refractivity contribution in [2.75, 3.05) is 52.2 Å². The van der Waals surface area contributed by atoms with Gasteiger partial charge < -0.3 is 9.80 Å². The van der Waals surface area contributed by atoms with Crippen LogP contribution in [0.5, 0.6) is 0 Å². The van der Waals surface area contributed by atoms with Crippen molar-refractivity contribution in [2.24, 2.45) is 0 Å². The number of anilines is 1. The van der Waals surface area contributed by atoms with Crippen molar-refractivity contribution in [2.45, 2.75) is 19.0 Å². The molecule has 1 fully saturated rings. The number of tetrazole rings is 1. The Bertz CT molecular complexity index is 912. The van der Waals surface area contributed by atoms with E-state index >= 15 is 0 Å². The van der Waals surface area contributed by atoms with Crippen molar-refractivity contribution >= 4 is 5.69 Å². The molecule has 1 aromatic heterocycles. The van der Waals surface area contributed by atoms with Gasteiger partial charge in [-0.1, -0.05) is 42.5 Å². The molecule has 7 nitrogen and oxygen atoms in total. The summed E-state index contributed by atoms with van der Waals surface area (Å²) < 4.78 is 1.98. The zero-order valence-electron chi connectivity index (χ0n) is 18.1. The molecular weight excluding hydrogens is 374 g/mol. The third kappa shape index (κ3) is 4.68. The van der Waals surface area contributed by atoms with E-state index in [-0.39, 0.29) is 6.04 Å². The topological polar surface area (TPSA) is 53.3 Å². The van der Waals surface area contributed by atoms with E-state index in [1.807, 2.05) is 10.7 Å². The molecule has 1 aliphatic heterocycles. The van der Waals surface area contributed by atoms with Crippen LogP contribution in [0.15, 0.2) is 54.6 Å². The van der Waals surface area contributed by atoms with E-state index in [0.717, 1.165) is 45.0 Å². The van der Waals surface area contributed by atoms with Crippen molar-refractivity contribution in [3.63, 3.8) is 0 Å². The number of nitrogens with zero attached hydrogens (tertiary/aromatic N) is 7. The first kappa shape index (κ1) is 20.5. The third-order valence-corrected chi connectivity index (χ3v) is 5.89. The molecule has 0 saturated carbocycles. The van der Waals surface area contributed by atoms with E-state index < -0.39 is 0 Å². The van der Waals surface area contributed by atoms with Gasteiger partial charge in [0.05, 0.1) is 6.04 Å². The zero-order valence-corrected chi connectivity index (χ0v) is 18.1. The second-order valence-corrected chi connectivity index (χ2v) is 8.22. The Labute approximate surface area is 178 Å². The van der Waals surface area contributed by atoms with Crippen molar-refractivity contribution in [3.8, 4) is 0 Å². The van der Waals surface area contributed by atoms with Gasteiger partial charge in [-0.25, -0.2) is 4.68 Å². The Morgan fingerprint density at radius 1 is 0.933 bits per heavy atom. The number of rotatable bonds is 7. The normalized spacial score (nSPS) is 16.5. The number of hydrogen-bond acceptors (Lipinski definition) is 6. The molecule has 1 atom stereocenters. The Morgan fingerprint density at radius 3 is 2.30 bits per heavy atom. The summed E-state index contributed by atoms with van der Waals surface area (Å²) in [6.45, 7) is 4.88. The molecule has 1 aliphatic rings. The third-order valence-electron chi connectivity index (χ3n) is 5.89. The van der Waals surface area contributed by atoms with Crippen molar-refractivity contribution in [1.29, 1.82) is 0 Å². The first-order chi connectivity index (χ1) is 14.6. The van der Waals surface area contributed by atoms with Gasteiger partial charge in [-0.15, -0.1) is 5.10 Å². The molecule has 2 aromatic carbocycles. The molecule has 0 aliphatic carbocycles. The first-order valence-electron chi connectivity index (χ1n) is 10.6. The first-order valence-corrected chi connectivity index (χ1v) is 10.6. The van der Waals surface area contributed by atoms with Gasteiger partial charge in [0.15, 0.2) is 5.82 Å². The van der Waals surface area contributed by atoms with Crippen LogP contribution in [0.25, 0.3) is 0 Å².